The van der Waals surface area contributed by atoms with Crippen LogP contribution < -0.4 is 11.1 Å². The van der Waals surface area contributed by atoms with Crippen molar-refractivity contribution < 1.29 is 24.3 Å². The molecule has 2 aromatic heterocycles. The molecule has 0 fully saturated rings. The first-order chi connectivity index (χ1) is 17.9. The molecule has 0 aliphatic rings. The van der Waals surface area contributed by atoms with Crippen LogP contribution in [0.5, 0.6) is 0 Å². The predicted octanol–water partition coefficient (Wildman–Crippen LogP) is 4.09. The van der Waals surface area contributed by atoms with E-state index in [9.17, 15) is 19.7 Å². The lowest BCUT2D eigenvalue weighted by molar-refractivity contribution is -0.757. The zero-order chi connectivity index (χ0) is 26.2. The maximum absolute atomic E-state index is 13.2. The Balaban J connectivity index is 1.55. The Kier molecular flexibility index (Phi) is 8.39. The summed E-state index contributed by atoms with van der Waals surface area (Å²) in [6, 6.07) is 17.7. The molecule has 0 radical (unpaired) electrons. The lowest BCUT2D eigenvalue weighted by Gasteiger charge is -2.19. The number of pyridine rings is 1. The predicted molar refractivity (Wildman–Crippen MR) is 139 cm³/mol. The SMILES string of the molecule is NC[C@@H](C(=O)Nc1cc2ccncc2s1)c1ccc(C(=O)OCc2ccccc2)cc1CCO[N+](=O)[O-]. The Labute approximate surface area is 216 Å². The molecule has 2 aromatic carbocycles. The summed E-state index contributed by atoms with van der Waals surface area (Å²) in [5.41, 5.74) is 8.16. The highest BCUT2D eigenvalue weighted by atomic mass is 32.1. The van der Waals surface area contributed by atoms with Crippen molar-refractivity contribution in [1.82, 2.24) is 4.98 Å². The lowest BCUT2D eigenvalue weighted by atomic mass is 9.90. The highest BCUT2D eigenvalue weighted by Crippen LogP contribution is 2.30. The van der Waals surface area contributed by atoms with Crippen LogP contribution in [0.4, 0.5) is 5.00 Å². The third-order valence-electron chi connectivity index (χ3n) is 5.66. The largest absolute Gasteiger partial charge is 0.457 e. The number of hydrogen-bond acceptors (Lipinski definition) is 9. The molecule has 0 unspecified atom stereocenters. The van der Waals surface area contributed by atoms with Crippen molar-refractivity contribution in [2.45, 2.75) is 18.9 Å². The van der Waals surface area contributed by atoms with Gasteiger partial charge < -0.3 is 20.6 Å². The van der Waals surface area contributed by atoms with Gasteiger partial charge in [0.2, 0.25) is 5.91 Å². The number of carbonyl (C=O) groups excluding carboxylic acids is 2. The second-order valence-electron chi connectivity index (χ2n) is 8.08. The summed E-state index contributed by atoms with van der Waals surface area (Å²) < 4.78 is 6.34. The van der Waals surface area contributed by atoms with E-state index in [-0.39, 0.29) is 37.6 Å². The van der Waals surface area contributed by atoms with E-state index >= 15 is 0 Å². The quantitative estimate of drug-likeness (QED) is 0.171. The number of amides is 1. The van der Waals surface area contributed by atoms with E-state index in [1.54, 1.807) is 30.6 Å². The van der Waals surface area contributed by atoms with Gasteiger partial charge in [-0.1, -0.05) is 36.4 Å². The molecule has 3 N–H and O–H groups in total. The molecule has 1 atom stereocenters. The number of anilines is 1. The number of aromatic nitrogens is 1. The van der Waals surface area contributed by atoms with Gasteiger partial charge in [-0.2, -0.15) is 0 Å². The van der Waals surface area contributed by atoms with E-state index < -0.39 is 17.0 Å². The number of benzene rings is 2. The Morgan fingerprint density at radius 3 is 2.68 bits per heavy atom. The summed E-state index contributed by atoms with van der Waals surface area (Å²) in [6.07, 6.45) is 3.49. The number of hydrogen-bond donors (Lipinski definition) is 2. The number of carbonyl (C=O) groups is 2. The second kappa shape index (κ2) is 12.1. The minimum absolute atomic E-state index is 0.0147. The molecule has 4 rings (SSSR count). The summed E-state index contributed by atoms with van der Waals surface area (Å²) in [5.74, 6) is -1.65. The first kappa shape index (κ1) is 25.7. The van der Waals surface area contributed by atoms with Crippen LogP contribution in [0.2, 0.25) is 0 Å². The van der Waals surface area contributed by atoms with Crippen LogP contribution >= 0.6 is 11.3 Å². The molecule has 37 heavy (non-hydrogen) atoms. The lowest BCUT2D eigenvalue weighted by Crippen LogP contribution is -2.28. The van der Waals surface area contributed by atoms with E-state index in [1.807, 2.05) is 42.5 Å². The number of thiophene rings is 1. The number of ether oxygens (including phenoxy) is 1. The molecule has 0 spiro atoms. The molecule has 0 saturated carbocycles. The number of nitrogens with zero attached hydrogens (tertiary/aromatic N) is 2. The van der Waals surface area contributed by atoms with Crippen molar-refractivity contribution in [2.75, 3.05) is 18.5 Å². The maximum Gasteiger partial charge on any atom is 0.338 e. The normalized spacial score (nSPS) is 11.6. The Bertz CT molecular complexity index is 1380. The number of nitrogens with two attached hydrogens (primary N) is 1. The molecule has 0 aliphatic heterocycles. The van der Waals surface area contributed by atoms with Gasteiger partial charge >= 0.3 is 5.97 Å². The molecule has 0 bridgehead atoms. The Hall–Kier alpha value is -4.35. The smallest absolute Gasteiger partial charge is 0.338 e. The van der Waals surface area contributed by atoms with Crippen molar-refractivity contribution in [2.24, 2.45) is 5.73 Å². The van der Waals surface area contributed by atoms with E-state index in [0.29, 0.717) is 16.1 Å². The molecule has 11 heteroatoms. The summed E-state index contributed by atoms with van der Waals surface area (Å²) in [6.45, 7) is -0.163. The van der Waals surface area contributed by atoms with Crippen LogP contribution in [0.1, 0.15) is 33.0 Å². The average molecular weight is 521 g/mol. The van der Waals surface area contributed by atoms with Crippen molar-refractivity contribution in [3.63, 3.8) is 0 Å². The highest BCUT2D eigenvalue weighted by Gasteiger charge is 2.24. The second-order valence-corrected chi connectivity index (χ2v) is 9.17. The highest BCUT2D eigenvalue weighted by molar-refractivity contribution is 7.22. The van der Waals surface area contributed by atoms with Crippen LogP contribution in [-0.4, -0.2) is 35.1 Å². The number of nitrogens with one attached hydrogen (secondary N) is 1. The van der Waals surface area contributed by atoms with Gasteiger partial charge in [-0.3, -0.25) is 9.78 Å². The van der Waals surface area contributed by atoms with Crippen molar-refractivity contribution in [3.05, 3.63) is 105 Å². The summed E-state index contributed by atoms with van der Waals surface area (Å²) in [5, 5.41) is 14.3. The van der Waals surface area contributed by atoms with Gasteiger partial charge in [0, 0.05) is 18.9 Å². The van der Waals surface area contributed by atoms with Crippen molar-refractivity contribution in [3.8, 4) is 0 Å². The number of esters is 1. The summed E-state index contributed by atoms with van der Waals surface area (Å²) in [4.78, 5) is 45.1. The van der Waals surface area contributed by atoms with Gasteiger partial charge in [-0.05, 0) is 52.8 Å². The fourth-order valence-electron chi connectivity index (χ4n) is 3.86. The Morgan fingerprint density at radius 1 is 1.14 bits per heavy atom. The van der Waals surface area contributed by atoms with Crippen LogP contribution in [0.15, 0.2) is 73.1 Å². The molecule has 4 aromatic rings. The van der Waals surface area contributed by atoms with Gasteiger partial charge in [0.25, 0.3) is 5.09 Å². The van der Waals surface area contributed by atoms with Crippen LogP contribution in [-0.2, 0) is 27.4 Å². The molecule has 190 valence electrons. The van der Waals surface area contributed by atoms with Crippen LogP contribution in [0, 0.1) is 10.1 Å². The van der Waals surface area contributed by atoms with Crippen LogP contribution in [0.3, 0.4) is 0 Å². The molecule has 0 aliphatic carbocycles. The van der Waals surface area contributed by atoms with Crippen LogP contribution in [0.25, 0.3) is 10.1 Å². The number of rotatable bonds is 11. The summed E-state index contributed by atoms with van der Waals surface area (Å²) >= 11 is 1.39. The van der Waals surface area contributed by atoms with Crippen molar-refractivity contribution >= 4 is 38.3 Å². The monoisotopic (exact) mass is 520 g/mol. The molecule has 0 saturated heterocycles. The zero-order valence-electron chi connectivity index (χ0n) is 19.7. The number of fused-ring (bicyclic) bond motifs is 1. The van der Waals surface area contributed by atoms with Gasteiger partial charge in [0.1, 0.15) is 13.2 Å². The molecular formula is C26H24N4O6S. The van der Waals surface area contributed by atoms with Crippen molar-refractivity contribution in [1.29, 1.82) is 0 Å². The van der Waals surface area contributed by atoms with Gasteiger partial charge in [0.05, 0.1) is 21.2 Å². The Morgan fingerprint density at radius 2 is 1.95 bits per heavy atom. The van der Waals surface area contributed by atoms with Gasteiger partial charge in [-0.15, -0.1) is 21.5 Å². The topological polar surface area (TPSA) is 147 Å². The summed E-state index contributed by atoms with van der Waals surface area (Å²) in [7, 11) is 0. The minimum atomic E-state index is -0.888. The molecule has 2 heterocycles. The van der Waals surface area contributed by atoms with Gasteiger partial charge in [-0.25, -0.2) is 4.79 Å². The van der Waals surface area contributed by atoms with E-state index in [4.69, 9.17) is 10.5 Å². The van der Waals surface area contributed by atoms with E-state index in [2.05, 4.69) is 15.1 Å². The third kappa shape index (κ3) is 6.66. The minimum Gasteiger partial charge on any atom is -0.457 e. The molecular weight excluding hydrogens is 496 g/mol. The fraction of sp³-hybridized carbons (Fsp3) is 0.192. The maximum atomic E-state index is 13.2. The molecule has 10 nitrogen and oxygen atoms in total. The van der Waals surface area contributed by atoms with E-state index in [1.165, 1.54) is 11.3 Å². The first-order valence-corrected chi connectivity index (χ1v) is 12.2. The third-order valence-corrected chi connectivity index (χ3v) is 6.66. The standard InChI is InChI=1S/C26H24N4O6S/c27-14-22(25(31)29-24-13-19-8-10-28-15-23(19)37-24)21-7-6-20(12-18(21)9-11-36-30(33)34)26(32)35-16-17-4-2-1-3-5-17/h1-8,10,12-13,15,22H,9,11,14,16,27H2,(H,29,31)/t22-/m1/s1. The fourth-order valence-corrected chi connectivity index (χ4v) is 4.79. The zero-order valence-corrected chi connectivity index (χ0v) is 20.5. The van der Waals surface area contributed by atoms with Gasteiger partial charge in [0.15, 0.2) is 0 Å². The first-order valence-electron chi connectivity index (χ1n) is 11.4. The van der Waals surface area contributed by atoms with E-state index in [0.717, 1.165) is 15.6 Å². The average Bonchev–Trinajstić information content (AvgIpc) is 3.31. The molecule has 1 amide bonds.